The van der Waals surface area contributed by atoms with E-state index < -0.39 is 15.6 Å². The lowest BCUT2D eigenvalue weighted by molar-refractivity contribution is 0.272. The van der Waals surface area contributed by atoms with Gasteiger partial charge < -0.3 is 39.8 Å². The lowest BCUT2D eigenvalue weighted by Crippen LogP contribution is -2.15. The van der Waals surface area contributed by atoms with E-state index in [-0.39, 0.29) is 29.4 Å². The Balaban J connectivity index is 0.000000442. The molecule has 0 amide bonds. The molecular weight excluding hydrogens is 376 g/mol. The molecule has 0 fully saturated rings. The van der Waals surface area contributed by atoms with E-state index in [9.17, 15) is 4.79 Å². The van der Waals surface area contributed by atoms with E-state index in [1.54, 1.807) is 0 Å². The van der Waals surface area contributed by atoms with Crippen LogP contribution in [-0.4, -0.2) is 61.1 Å². The number of hydrogen-bond acceptors (Lipinski definition) is 8. The van der Waals surface area contributed by atoms with Crippen molar-refractivity contribution in [3.63, 3.8) is 0 Å². The molecule has 15 nitrogen and oxygen atoms in total. The number of aliphatic hydroxyl groups is 1. The summed E-state index contributed by atoms with van der Waals surface area (Å²) in [5, 5.41) is 11.0. The van der Waals surface area contributed by atoms with E-state index in [2.05, 4.69) is 25.3 Å². The molecule has 0 unspecified atom stereocenters. The van der Waals surface area contributed by atoms with Gasteiger partial charge in [-0.05, 0) is 0 Å². The molecule has 0 aliphatic heterocycles. The van der Waals surface area contributed by atoms with Gasteiger partial charge in [-0.15, -0.1) is 0 Å². The van der Waals surface area contributed by atoms with Gasteiger partial charge in [-0.1, -0.05) is 0 Å². The average Bonchev–Trinajstić information content (AvgIpc) is 2.35. The zero-order valence-corrected chi connectivity index (χ0v) is 13.2. The minimum Gasteiger partial charge on any atom is -0.376 e. The van der Waals surface area contributed by atoms with Crippen LogP contribution in [0.3, 0.4) is 0 Å². The van der Waals surface area contributed by atoms with Crippen molar-refractivity contribution >= 4 is 32.8 Å². The van der Waals surface area contributed by atoms with Crippen LogP contribution in [0.15, 0.2) is 17.2 Å². The van der Waals surface area contributed by atoms with E-state index in [0.717, 1.165) is 0 Å². The zero-order chi connectivity index (χ0) is 19.0. The number of nitrogens with zero attached hydrogens (tertiary/aromatic N) is 3. The molecule has 0 bridgehead atoms. The van der Waals surface area contributed by atoms with Crippen LogP contribution >= 0.6 is 15.6 Å². The van der Waals surface area contributed by atoms with Gasteiger partial charge in [0.2, 0.25) is 5.95 Å². The van der Waals surface area contributed by atoms with Crippen molar-refractivity contribution in [2.75, 3.05) is 12.0 Å². The van der Waals surface area contributed by atoms with Crippen molar-refractivity contribution < 1.29 is 43.6 Å². The van der Waals surface area contributed by atoms with Gasteiger partial charge in [-0.3, -0.25) is 9.78 Å². The average molecular weight is 389 g/mol. The van der Waals surface area contributed by atoms with Crippen molar-refractivity contribution in [2.45, 2.75) is 0 Å². The molecule has 136 valence electrons. The van der Waals surface area contributed by atoms with Gasteiger partial charge in [0.15, 0.2) is 11.2 Å². The smallest absolute Gasteiger partial charge is 0.376 e. The third-order valence-electron chi connectivity index (χ3n) is 1.59. The number of aromatic amines is 1. The lowest BCUT2D eigenvalue weighted by Gasteiger charge is -2.00. The van der Waals surface area contributed by atoms with Gasteiger partial charge in [0, 0.05) is 12.4 Å². The summed E-state index contributed by atoms with van der Waals surface area (Å²) in [6.07, 6.45) is 2.86. The van der Waals surface area contributed by atoms with Crippen LogP contribution < -0.4 is 10.9 Å². The highest BCUT2D eigenvalue weighted by Crippen LogP contribution is 2.26. The van der Waals surface area contributed by atoms with E-state index in [1.807, 2.05) is 0 Å². The summed E-state index contributed by atoms with van der Waals surface area (Å²) in [5.74, 6) is 0.172. The second kappa shape index (κ2) is 9.48. The summed E-state index contributed by atoms with van der Waals surface area (Å²) < 4.78 is 17.8. The SMILES string of the molecule is O=P(O)(O)O.O=P(O)(O)O.O=c1[nH]c(NCO)nc2nccnc12. The lowest BCUT2D eigenvalue weighted by atomic mass is 10.5. The maximum absolute atomic E-state index is 11.4. The molecule has 0 aromatic carbocycles. The summed E-state index contributed by atoms with van der Waals surface area (Å²) in [4.78, 5) is 68.5. The Morgan fingerprint density at radius 1 is 1.00 bits per heavy atom. The van der Waals surface area contributed by atoms with Crippen LogP contribution in [0.2, 0.25) is 0 Å². The Bertz CT molecular complexity index is 763. The Hall–Kier alpha value is -1.80. The first-order valence-corrected chi connectivity index (χ1v) is 8.56. The van der Waals surface area contributed by atoms with Crippen LogP contribution in [0, 0.1) is 0 Å². The van der Waals surface area contributed by atoms with Crippen LogP contribution in [0.5, 0.6) is 0 Å². The van der Waals surface area contributed by atoms with E-state index in [4.69, 9.17) is 43.6 Å². The van der Waals surface area contributed by atoms with E-state index in [0.29, 0.717) is 0 Å². The summed E-state index contributed by atoms with van der Waals surface area (Å²) in [5.41, 5.74) is 0.0299. The van der Waals surface area contributed by atoms with Gasteiger partial charge in [0.05, 0.1) is 0 Å². The number of rotatable bonds is 2. The van der Waals surface area contributed by atoms with Crippen molar-refractivity contribution in [1.82, 2.24) is 19.9 Å². The zero-order valence-electron chi connectivity index (χ0n) is 11.5. The molecule has 0 saturated carbocycles. The molecule has 0 spiro atoms. The van der Waals surface area contributed by atoms with Crippen molar-refractivity contribution in [2.24, 2.45) is 0 Å². The first-order chi connectivity index (χ1) is 10.8. The Kier molecular flexibility index (Phi) is 8.77. The van der Waals surface area contributed by atoms with Crippen LogP contribution in [0.25, 0.3) is 11.2 Å². The Labute approximate surface area is 132 Å². The van der Waals surface area contributed by atoms with Crippen LogP contribution in [0.1, 0.15) is 0 Å². The minimum atomic E-state index is -4.64. The number of H-pyrrole nitrogens is 1. The number of fused-ring (bicyclic) bond motifs is 1. The van der Waals surface area contributed by atoms with E-state index >= 15 is 0 Å². The predicted molar refractivity (Wildman–Crippen MR) is 77.2 cm³/mol. The summed E-state index contributed by atoms with van der Waals surface area (Å²) >= 11 is 0. The minimum absolute atomic E-state index is 0.172. The van der Waals surface area contributed by atoms with Gasteiger partial charge in [0.25, 0.3) is 5.56 Å². The molecule has 0 radical (unpaired) electrons. The maximum Gasteiger partial charge on any atom is 0.466 e. The fourth-order valence-corrected chi connectivity index (χ4v) is 1.03. The molecule has 0 aliphatic carbocycles. The van der Waals surface area contributed by atoms with Gasteiger partial charge in [-0.25, -0.2) is 19.1 Å². The molecule has 0 atom stereocenters. The molecule has 24 heavy (non-hydrogen) atoms. The van der Waals surface area contributed by atoms with E-state index in [1.165, 1.54) is 12.4 Å². The number of aliphatic hydroxyl groups excluding tert-OH is 1. The highest BCUT2D eigenvalue weighted by Gasteiger charge is 2.04. The number of aromatic nitrogens is 4. The number of phosphoric acid groups is 2. The largest absolute Gasteiger partial charge is 0.466 e. The molecule has 9 N–H and O–H groups in total. The summed E-state index contributed by atoms with van der Waals surface area (Å²) in [6.45, 7) is -0.311. The topological polar surface area (TPSA) is 259 Å². The Morgan fingerprint density at radius 2 is 1.46 bits per heavy atom. The first-order valence-electron chi connectivity index (χ1n) is 5.43. The fourth-order valence-electron chi connectivity index (χ4n) is 1.03. The molecule has 2 rings (SSSR count). The standard InChI is InChI=1S/C7H7N5O2.2H3O4P/c13-3-10-7-11-5-4(6(14)12-7)8-1-2-9-5;2*1-5(2,3)4/h1-2,13H,3H2,(H2,9,10,11,12,14);2*(H3,1,2,3,4). The summed E-state index contributed by atoms with van der Waals surface area (Å²) in [7, 11) is -9.28. The number of anilines is 1. The summed E-state index contributed by atoms with van der Waals surface area (Å²) in [6, 6.07) is 0. The highest BCUT2D eigenvalue weighted by atomic mass is 31.2. The number of hydrogen-bond donors (Lipinski definition) is 9. The normalized spacial score (nSPS) is 11.0. The molecule has 2 aromatic rings. The van der Waals surface area contributed by atoms with Gasteiger partial charge in [-0.2, -0.15) is 4.98 Å². The Morgan fingerprint density at radius 3 is 1.92 bits per heavy atom. The van der Waals surface area contributed by atoms with Crippen LogP contribution in [0.4, 0.5) is 5.95 Å². The molecular formula is C7H13N5O10P2. The van der Waals surface area contributed by atoms with Gasteiger partial charge in [0.1, 0.15) is 6.73 Å². The first kappa shape index (κ1) is 22.2. The van der Waals surface area contributed by atoms with Gasteiger partial charge >= 0.3 is 15.6 Å². The second-order valence-electron chi connectivity index (χ2n) is 3.50. The highest BCUT2D eigenvalue weighted by molar-refractivity contribution is 7.45. The quantitative estimate of drug-likeness (QED) is 0.186. The number of nitrogens with one attached hydrogen (secondary N) is 2. The molecule has 0 aliphatic rings. The van der Waals surface area contributed by atoms with Crippen molar-refractivity contribution in [3.05, 3.63) is 22.7 Å². The molecule has 17 heteroatoms. The van der Waals surface area contributed by atoms with Crippen molar-refractivity contribution in [1.29, 1.82) is 0 Å². The second-order valence-corrected chi connectivity index (χ2v) is 5.56. The van der Waals surface area contributed by atoms with Crippen LogP contribution in [-0.2, 0) is 9.13 Å². The maximum atomic E-state index is 11.4. The van der Waals surface area contributed by atoms with Crippen molar-refractivity contribution in [3.8, 4) is 0 Å². The third kappa shape index (κ3) is 12.7. The predicted octanol–water partition coefficient (Wildman–Crippen LogP) is -2.78. The molecule has 0 saturated heterocycles. The fraction of sp³-hybridized carbons (Fsp3) is 0.143. The third-order valence-corrected chi connectivity index (χ3v) is 1.59. The molecule has 2 aromatic heterocycles. The monoisotopic (exact) mass is 389 g/mol. The molecule has 2 heterocycles.